The van der Waals surface area contributed by atoms with Crippen molar-refractivity contribution in [3.05, 3.63) is 40.2 Å². The summed E-state index contributed by atoms with van der Waals surface area (Å²) in [5, 5.41) is 13.3. The molecular formula is C13H9BrF4N4O2. The highest BCUT2D eigenvalue weighted by Gasteiger charge is 2.33. The van der Waals surface area contributed by atoms with Crippen LogP contribution in [0.25, 0.3) is 0 Å². The minimum Gasteiger partial charge on any atom is -0.480 e. The van der Waals surface area contributed by atoms with Gasteiger partial charge in [-0.1, -0.05) is 0 Å². The van der Waals surface area contributed by atoms with Gasteiger partial charge in [-0.15, -0.1) is 0 Å². The SMILES string of the molecule is O=C(O)CNc1nc(Nc2ccc(F)cc2Br)cc(C(F)(F)F)n1. The van der Waals surface area contributed by atoms with E-state index in [1.54, 1.807) is 0 Å². The van der Waals surface area contributed by atoms with Crippen molar-refractivity contribution in [1.29, 1.82) is 0 Å². The molecule has 0 bridgehead atoms. The van der Waals surface area contributed by atoms with Gasteiger partial charge in [0, 0.05) is 10.5 Å². The van der Waals surface area contributed by atoms with Crippen LogP contribution in [0, 0.1) is 5.82 Å². The average molecular weight is 409 g/mol. The fraction of sp³-hybridized carbons (Fsp3) is 0.154. The number of halogens is 5. The highest BCUT2D eigenvalue weighted by atomic mass is 79.9. The number of anilines is 3. The van der Waals surface area contributed by atoms with Crippen molar-refractivity contribution in [3.63, 3.8) is 0 Å². The van der Waals surface area contributed by atoms with Gasteiger partial charge in [0.25, 0.3) is 0 Å². The Bertz CT molecular complexity index is 770. The average Bonchev–Trinajstić information content (AvgIpc) is 2.47. The second kappa shape index (κ2) is 6.99. The normalized spacial score (nSPS) is 11.2. The molecule has 0 saturated carbocycles. The molecule has 2 rings (SSSR count). The van der Waals surface area contributed by atoms with Crippen molar-refractivity contribution < 1.29 is 27.5 Å². The molecule has 0 saturated heterocycles. The number of alkyl halides is 3. The fourth-order valence-electron chi connectivity index (χ4n) is 1.62. The third-order valence-electron chi connectivity index (χ3n) is 2.61. The van der Waals surface area contributed by atoms with Crippen molar-refractivity contribution >= 4 is 39.4 Å². The molecule has 0 spiro atoms. The molecule has 0 atom stereocenters. The summed E-state index contributed by atoms with van der Waals surface area (Å²) in [7, 11) is 0. The first kappa shape index (κ1) is 17.9. The summed E-state index contributed by atoms with van der Waals surface area (Å²) in [6.45, 7) is -0.652. The first-order valence-electron chi connectivity index (χ1n) is 6.29. The third-order valence-corrected chi connectivity index (χ3v) is 3.26. The molecule has 1 aromatic carbocycles. The van der Waals surface area contributed by atoms with E-state index in [0.29, 0.717) is 6.07 Å². The van der Waals surface area contributed by atoms with Crippen LogP contribution in [0.1, 0.15) is 5.69 Å². The highest BCUT2D eigenvalue weighted by molar-refractivity contribution is 9.10. The van der Waals surface area contributed by atoms with Crippen LogP contribution in [0.3, 0.4) is 0 Å². The van der Waals surface area contributed by atoms with E-state index in [4.69, 9.17) is 5.11 Å². The summed E-state index contributed by atoms with van der Waals surface area (Å²) in [6, 6.07) is 4.20. The van der Waals surface area contributed by atoms with E-state index in [2.05, 4.69) is 36.5 Å². The van der Waals surface area contributed by atoms with Crippen molar-refractivity contribution in [2.75, 3.05) is 17.2 Å². The van der Waals surface area contributed by atoms with Gasteiger partial charge in [-0.2, -0.15) is 18.2 Å². The molecule has 0 aliphatic carbocycles. The van der Waals surface area contributed by atoms with E-state index in [9.17, 15) is 22.4 Å². The largest absolute Gasteiger partial charge is 0.480 e. The van der Waals surface area contributed by atoms with Crippen LogP contribution in [-0.4, -0.2) is 27.6 Å². The minimum absolute atomic E-state index is 0.238. The predicted molar refractivity (Wildman–Crippen MR) is 80.5 cm³/mol. The van der Waals surface area contributed by atoms with E-state index >= 15 is 0 Å². The molecule has 0 amide bonds. The zero-order valence-electron chi connectivity index (χ0n) is 11.7. The van der Waals surface area contributed by atoms with Crippen LogP contribution in [0.15, 0.2) is 28.7 Å². The summed E-state index contributed by atoms with van der Waals surface area (Å²) >= 11 is 3.07. The molecule has 11 heteroatoms. The molecule has 6 nitrogen and oxygen atoms in total. The molecule has 0 unspecified atom stereocenters. The van der Waals surface area contributed by atoms with Gasteiger partial charge >= 0.3 is 12.1 Å². The van der Waals surface area contributed by atoms with Gasteiger partial charge < -0.3 is 15.7 Å². The first-order chi connectivity index (χ1) is 11.1. The lowest BCUT2D eigenvalue weighted by molar-refractivity contribution is -0.141. The van der Waals surface area contributed by atoms with Crippen LogP contribution >= 0.6 is 15.9 Å². The lowest BCUT2D eigenvalue weighted by atomic mass is 10.3. The second-order valence-electron chi connectivity index (χ2n) is 4.46. The Kier molecular flexibility index (Phi) is 5.22. The molecule has 3 N–H and O–H groups in total. The third kappa shape index (κ3) is 4.78. The highest BCUT2D eigenvalue weighted by Crippen LogP contribution is 2.31. The molecule has 0 radical (unpaired) electrons. The van der Waals surface area contributed by atoms with Crippen molar-refractivity contribution in [1.82, 2.24) is 9.97 Å². The Morgan fingerprint density at radius 1 is 1.25 bits per heavy atom. The Morgan fingerprint density at radius 3 is 2.54 bits per heavy atom. The van der Waals surface area contributed by atoms with Gasteiger partial charge in [-0.3, -0.25) is 4.79 Å². The Hall–Kier alpha value is -2.43. The summed E-state index contributed by atoms with van der Waals surface area (Å²) in [5.41, 5.74) is -0.987. The van der Waals surface area contributed by atoms with E-state index in [-0.39, 0.29) is 16.0 Å². The zero-order chi connectivity index (χ0) is 17.9. The lowest BCUT2D eigenvalue weighted by Crippen LogP contribution is -2.17. The molecule has 0 aliphatic rings. The number of carboxylic acids is 1. The zero-order valence-corrected chi connectivity index (χ0v) is 13.2. The Balaban J connectivity index is 2.36. The number of carboxylic acid groups (broad SMARTS) is 1. The summed E-state index contributed by atoms with van der Waals surface area (Å²) in [4.78, 5) is 17.5. The number of nitrogens with zero attached hydrogens (tertiary/aromatic N) is 2. The van der Waals surface area contributed by atoms with Crippen molar-refractivity contribution in [2.45, 2.75) is 6.18 Å². The molecule has 0 fully saturated rings. The van der Waals surface area contributed by atoms with Gasteiger partial charge in [-0.05, 0) is 34.1 Å². The monoisotopic (exact) mass is 408 g/mol. The fourth-order valence-corrected chi connectivity index (χ4v) is 2.07. The Labute approximate surface area is 141 Å². The van der Waals surface area contributed by atoms with Gasteiger partial charge in [0.15, 0.2) is 5.69 Å². The van der Waals surface area contributed by atoms with E-state index in [1.165, 1.54) is 6.07 Å². The standard InChI is InChI=1S/C13H9BrF4N4O2/c14-7-3-6(15)1-2-8(7)20-10-4-9(13(16,17)18)21-12(22-10)19-5-11(23)24/h1-4H,5H2,(H,23,24)(H2,19,20,21,22). The lowest BCUT2D eigenvalue weighted by Gasteiger charge is -2.13. The topological polar surface area (TPSA) is 87.1 Å². The molecule has 128 valence electrons. The number of benzene rings is 1. The molecule has 1 aromatic heterocycles. The number of hydrogen-bond donors (Lipinski definition) is 3. The van der Waals surface area contributed by atoms with Gasteiger partial charge in [0.1, 0.15) is 18.2 Å². The number of rotatable bonds is 5. The maximum atomic E-state index is 13.0. The summed E-state index contributed by atoms with van der Waals surface area (Å²) in [5.74, 6) is -2.56. The van der Waals surface area contributed by atoms with Crippen molar-refractivity contribution in [3.8, 4) is 0 Å². The predicted octanol–water partition coefficient (Wildman–Crippen LogP) is 3.64. The van der Waals surface area contributed by atoms with Crippen LogP contribution in [0.2, 0.25) is 0 Å². The second-order valence-corrected chi connectivity index (χ2v) is 5.31. The molecule has 0 aliphatic heterocycles. The molecular weight excluding hydrogens is 400 g/mol. The van der Waals surface area contributed by atoms with Gasteiger partial charge in [0.2, 0.25) is 5.95 Å². The van der Waals surface area contributed by atoms with Gasteiger partial charge in [-0.25, -0.2) is 9.37 Å². The maximum Gasteiger partial charge on any atom is 0.433 e. The molecule has 24 heavy (non-hydrogen) atoms. The Morgan fingerprint density at radius 2 is 1.96 bits per heavy atom. The molecule has 1 heterocycles. The number of nitrogens with one attached hydrogen (secondary N) is 2. The van der Waals surface area contributed by atoms with Crippen LogP contribution in [0.4, 0.5) is 35.0 Å². The van der Waals surface area contributed by atoms with Gasteiger partial charge in [0.05, 0.1) is 5.69 Å². The van der Waals surface area contributed by atoms with Crippen molar-refractivity contribution in [2.24, 2.45) is 0 Å². The summed E-state index contributed by atoms with van der Waals surface area (Å²) in [6.07, 6.45) is -4.75. The number of aliphatic carboxylic acids is 1. The quantitative estimate of drug-likeness (QED) is 0.654. The smallest absolute Gasteiger partial charge is 0.433 e. The van der Waals surface area contributed by atoms with E-state index in [0.717, 1.165) is 12.1 Å². The van der Waals surface area contributed by atoms with Crippen LogP contribution in [-0.2, 0) is 11.0 Å². The summed E-state index contributed by atoms with van der Waals surface area (Å²) < 4.78 is 52.0. The van der Waals surface area contributed by atoms with E-state index < -0.39 is 36.1 Å². The minimum atomic E-state index is -4.75. The molecule has 2 aromatic rings. The number of hydrogen-bond acceptors (Lipinski definition) is 5. The van der Waals surface area contributed by atoms with Crippen LogP contribution < -0.4 is 10.6 Å². The number of aromatic nitrogens is 2. The maximum absolute atomic E-state index is 13.0. The first-order valence-corrected chi connectivity index (χ1v) is 7.08. The van der Waals surface area contributed by atoms with E-state index in [1.807, 2.05) is 0 Å². The van der Waals surface area contributed by atoms with Crippen LogP contribution in [0.5, 0.6) is 0 Å². The number of carbonyl (C=O) groups is 1.